The van der Waals surface area contributed by atoms with Crippen molar-refractivity contribution in [3.05, 3.63) is 35.4 Å². The Labute approximate surface area is 94.3 Å². The number of aromatic nitrogens is 4. The first-order valence-electron chi connectivity index (χ1n) is 5.26. The second-order valence-corrected chi connectivity index (χ2v) is 4.05. The van der Waals surface area contributed by atoms with Crippen LogP contribution < -0.4 is 0 Å². The molecule has 0 bridgehead atoms. The SMILES string of the molecule is Cc1cc(Cn2cc(C(C)O)cn2)n(C)n1. The maximum absolute atomic E-state index is 9.39. The van der Waals surface area contributed by atoms with Crippen LogP contribution in [0.5, 0.6) is 0 Å². The van der Waals surface area contributed by atoms with E-state index in [1.807, 2.05) is 30.9 Å². The fourth-order valence-corrected chi connectivity index (χ4v) is 1.66. The molecule has 16 heavy (non-hydrogen) atoms. The lowest BCUT2D eigenvalue weighted by Gasteiger charge is -2.02. The number of aryl methyl sites for hydroxylation is 2. The summed E-state index contributed by atoms with van der Waals surface area (Å²) >= 11 is 0. The summed E-state index contributed by atoms with van der Waals surface area (Å²) < 4.78 is 3.65. The Morgan fingerprint density at radius 3 is 2.75 bits per heavy atom. The number of nitrogens with zero attached hydrogens (tertiary/aromatic N) is 4. The van der Waals surface area contributed by atoms with Crippen LogP contribution in [0, 0.1) is 6.92 Å². The summed E-state index contributed by atoms with van der Waals surface area (Å²) in [5.41, 5.74) is 2.93. The largest absolute Gasteiger partial charge is 0.389 e. The molecule has 0 spiro atoms. The molecule has 0 saturated heterocycles. The molecule has 2 aromatic rings. The first-order valence-corrected chi connectivity index (χ1v) is 5.26. The van der Waals surface area contributed by atoms with E-state index in [0.29, 0.717) is 6.54 Å². The summed E-state index contributed by atoms with van der Waals surface area (Å²) in [6.45, 7) is 4.37. The lowest BCUT2D eigenvalue weighted by molar-refractivity contribution is 0.199. The highest BCUT2D eigenvalue weighted by Gasteiger charge is 2.07. The zero-order chi connectivity index (χ0) is 11.7. The molecule has 1 atom stereocenters. The minimum atomic E-state index is -0.470. The van der Waals surface area contributed by atoms with Crippen molar-refractivity contribution < 1.29 is 5.11 Å². The van der Waals surface area contributed by atoms with Gasteiger partial charge in [-0.25, -0.2) is 0 Å². The van der Waals surface area contributed by atoms with Crippen LogP contribution in [0.1, 0.15) is 30.0 Å². The molecular weight excluding hydrogens is 204 g/mol. The second-order valence-electron chi connectivity index (χ2n) is 4.05. The quantitative estimate of drug-likeness (QED) is 0.840. The molecule has 0 aliphatic heterocycles. The van der Waals surface area contributed by atoms with Gasteiger partial charge in [0, 0.05) is 18.8 Å². The van der Waals surface area contributed by atoms with Crippen LogP contribution >= 0.6 is 0 Å². The van der Waals surface area contributed by atoms with Crippen LogP contribution in [-0.2, 0) is 13.6 Å². The normalized spacial score (nSPS) is 13.0. The maximum Gasteiger partial charge on any atom is 0.0828 e. The summed E-state index contributed by atoms with van der Waals surface area (Å²) in [5.74, 6) is 0. The summed E-state index contributed by atoms with van der Waals surface area (Å²) in [4.78, 5) is 0. The Morgan fingerprint density at radius 2 is 2.25 bits per heavy atom. The van der Waals surface area contributed by atoms with Gasteiger partial charge in [-0.15, -0.1) is 0 Å². The molecule has 0 aromatic carbocycles. The van der Waals surface area contributed by atoms with Crippen LogP contribution in [0.2, 0.25) is 0 Å². The molecule has 86 valence electrons. The van der Waals surface area contributed by atoms with E-state index in [9.17, 15) is 5.11 Å². The van der Waals surface area contributed by atoms with Crippen molar-refractivity contribution in [2.24, 2.45) is 7.05 Å². The molecule has 0 fully saturated rings. The van der Waals surface area contributed by atoms with E-state index in [2.05, 4.69) is 10.2 Å². The van der Waals surface area contributed by atoms with Gasteiger partial charge in [0.25, 0.3) is 0 Å². The molecule has 2 rings (SSSR count). The molecule has 5 heteroatoms. The summed E-state index contributed by atoms with van der Waals surface area (Å²) in [5, 5.41) is 17.9. The van der Waals surface area contributed by atoms with Crippen molar-refractivity contribution >= 4 is 0 Å². The van der Waals surface area contributed by atoms with Gasteiger partial charge in [0.05, 0.1) is 30.2 Å². The maximum atomic E-state index is 9.39. The molecule has 2 heterocycles. The topological polar surface area (TPSA) is 55.9 Å². The molecule has 1 N–H and O–H groups in total. The van der Waals surface area contributed by atoms with Crippen molar-refractivity contribution in [3.63, 3.8) is 0 Å². The van der Waals surface area contributed by atoms with Crippen molar-refractivity contribution in [2.45, 2.75) is 26.5 Å². The van der Waals surface area contributed by atoms with Gasteiger partial charge >= 0.3 is 0 Å². The molecule has 0 aliphatic carbocycles. The highest BCUT2D eigenvalue weighted by atomic mass is 16.3. The molecule has 0 aliphatic rings. The average Bonchev–Trinajstić information content (AvgIpc) is 2.75. The molecular formula is C11H16N4O. The smallest absolute Gasteiger partial charge is 0.0828 e. The molecule has 0 saturated carbocycles. The van der Waals surface area contributed by atoms with E-state index < -0.39 is 6.10 Å². The Bertz CT molecular complexity index is 484. The number of aliphatic hydroxyl groups is 1. The molecule has 1 unspecified atom stereocenters. The number of aliphatic hydroxyl groups excluding tert-OH is 1. The van der Waals surface area contributed by atoms with Crippen LogP contribution in [0.25, 0.3) is 0 Å². The monoisotopic (exact) mass is 220 g/mol. The zero-order valence-electron chi connectivity index (χ0n) is 9.75. The van der Waals surface area contributed by atoms with Crippen molar-refractivity contribution in [1.82, 2.24) is 19.6 Å². The fraction of sp³-hybridized carbons (Fsp3) is 0.455. The first-order chi connectivity index (χ1) is 7.56. The van der Waals surface area contributed by atoms with Gasteiger partial charge in [-0.2, -0.15) is 10.2 Å². The Kier molecular flexibility index (Phi) is 2.78. The molecule has 0 amide bonds. The van der Waals surface area contributed by atoms with Crippen molar-refractivity contribution in [3.8, 4) is 0 Å². The lowest BCUT2D eigenvalue weighted by Crippen LogP contribution is -2.05. The number of hydrogen-bond donors (Lipinski definition) is 1. The fourth-order valence-electron chi connectivity index (χ4n) is 1.66. The van der Waals surface area contributed by atoms with Crippen LogP contribution in [0.15, 0.2) is 18.5 Å². The molecule has 2 aromatic heterocycles. The van der Waals surface area contributed by atoms with E-state index in [1.54, 1.807) is 17.8 Å². The van der Waals surface area contributed by atoms with Gasteiger partial charge in [-0.1, -0.05) is 0 Å². The van der Waals surface area contributed by atoms with E-state index in [1.165, 1.54) is 0 Å². The summed E-state index contributed by atoms with van der Waals surface area (Å²) in [7, 11) is 1.92. The Balaban J connectivity index is 2.17. The second kappa shape index (κ2) is 4.09. The van der Waals surface area contributed by atoms with Crippen molar-refractivity contribution in [1.29, 1.82) is 0 Å². The van der Waals surface area contributed by atoms with E-state index in [-0.39, 0.29) is 0 Å². The predicted octanol–water partition coefficient (Wildman–Crippen LogP) is 1.03. The molecule has 0 radical (unpaired) electrons. The van der Waals surface area contributed by atoms with E-state index in [0.717, 1.165) is 17.0 Å². The minimum Gasteiger partial charge on any atom is -0.389 e. The average molecular weight is 220 g/mol. The van der Waals surface area contributed by atoms with Crippen LogP contribution in [0.4, 0.5) is 0 Å². The molecule has 5 nitrogen and oxygen atoms in total. The third-order valence-corrected chi connectivity index (χ3v) is 2.56. The van der Waals surface area contributed by atoms with E-state index >= 15 is 0 Å². The van der Waals surface area contributed by atoms with Gasteiger partial charge in [0.1, 0.15) is 0 Å². The Hall–Kier alpha value is -1.62. The minimum absolute atomic E-state index is 0.470. The van der Waals surface area contributed by atoms with E-state index in [4.69, 9.17) is 0 Å². The highest BCUT2D eigenvalue weighted by molar-refractivity contribution is 5.11. The van der Waals surface area contributed by atoms with Gasteiger partial charge in [0.15, 0.2) is 0 Å². The summed E-state index contributed by atoms with van der Waals surface area (Å²) in [6.07, 6.45) is 3.07. The van der Waals surface area contributed by atoms with Gasteiger partial charge in [-0.3, -0.25) is 9.36 Å². The van der Waals surface area contributed by atoms with Crippen molar-refractivity contribution in [2.75, 3.05) is 0 Å². The predicted molar refractivity (Wildman–Crippen MR) is 59.9 cm³/mol. The standard InChI is InChI=1S/C11H16N4O/c1-8-4-11(14(3)13-8)7-15-6-10(5-12-15)9(2)16/h4-6,9,16H,7H2,1-3H3. The number of hydrogen-bond acceptors (Lipinski definition) is 3. The first kappa shape index (κ1) is 10.9. The van der Waals surface area contributed by atoms with Crippen LogP contribution in [-0.4, -0.2) is 24.7 Å². The van der Waals surface area contributed by atoms with Gasteiger partial charge < -0.3 is 5.11 Å². The third kappa shape index (κ3) is 2.14. The zero-order valence-corrected chi connectivity index (χ0v) is 9.75. The van der Waals surface area contributed by atoms with Crippen LogP contribution in [0.3, 0.4) is 0 Å². The Morgan fingerprint density at radius 1 is 1.50 bits per heavy atom. The highest BCUT2D eigenvalue weighted by Crippen LogP contribution is 2.11. The number of rotatable bonds is 3. The summed E-state index contributed by atoms with van der Waals surface area (Å²) in [6, 6.07) is 2.03. The third-order valence-electron chi connectivity index (χ3n) is 2.56. The van der Waals surface area contributed by atoms with Gasteiger partial charge in [0.2, 0.25) is 0 Å². The van der Waals surface area contributed by atoms with Gasteiger partial charge in [-0.05, 0) is 19.9 Å². The lowest BCUT2D eigenvalue weighted by atomic mass is 10.2.